The van der Waals surface area contributed by atoms with Gasteiger partial charge < -0.3 is 25.8 Å². The molecule has 6 N–H and O–H groups in total. The van der Waals surface area contributed by atoms with Gasteiger partial charge in [0.2, 0.25) is 11.5 Å². The molecule has 9 nitrogen and oxygen atoms in total. The summed E-state index contributed by atoms with van der Waals surface area (Å²) < 4.78 is 20.7. The van der Waals surface area contributed by atoms with Crippen molar-refractivity contribution in [3.8, 4) is 11.3 Å². The number of aliphatic hydroxyl groups excluding tert-OH is 2. The van der Waals surface area contributed by atoms with E-state index in [9.17, 15) is 24.5 Å². The number of aromatic nitrogens is 3. The lowest BCUT2D eigenvalue weighted by molar-refractivity contribution is -0.0846. The van der Waals surface area contributed by atoms with Gasteiger partial charge >= 0.3 is 0 Å². The number of fused-ring (bicyclic) bond motifs is 1. The van der Waals surface area contributed by atoms with E-state index in [0.717, 1.165) is 10.8 Å². The normalized spacial score (nSPS) is 30.2. The summed E-state index contributed by atoms with van der Waals surface area (Å²) in [5, 5.41) is 32.4. The Kier molecular flexibility index (Phi) is 4.22. The Bertz CT molecular complexity index is 948. The van der Waals surface area contributed by atoms with Gasteiger partial charge in [0, 0.05) is 11.6 Å². The third-order valence-electron chi connectivity index (χ3n) is 4.05. The molecule has 5 atom stereocenters. The van der Waals surface area contributed by atoms with Gasteiger partial charge in [0.15, 0.2) is 17.7 Å². The molecule has 11 heteroatoms. The van der Waals surface area contributed by atoms with Crippen LogP contribution in [0.1, 0.15) is 13.2 Å². The van der Waals surface area contributed by atoms with Crippen molar-refractivity contribution in [3.63, 3.8) is 0 Å². The number of anilines is 1. The molecule has 0 aliphatic carbocycles. The Hall–Kier alpha value is -2.16. The van der Waals surface area contributed by atoms with E-state index in [1.165, 1.54) is 6.92 Å². The summed E-state index contributed by atoms with van der Waals surface area (Å²) in [5.41, 5.74) is 2.15. The Labute approximate surface area is 144 Å². The molecule has 1 fully saturated rings. The summed E-state index contributed by atoms with van der Waals surface area (Å²) in [6, 6.07) is 0. The number of rotatable bonds is 2. The summed E-state index contributed by atoms with van der Waals surface area (Å²) in [6.07, 6.45) is -4.74. The van der Waals surface area contributed by atoms with E-state index < -0.39 is 46.9 Å². The Morgan fingerprint density at radius 2 is 2.32 bits per heavy atom. The van der Waals surface area contributed by atoms with Crippen LogP contribution in [0.3, 0.4) is 0 Å². The van der Waals surface area contributed by atoms with Gasteiger partial charge in [-0.3, -0.25) is 14.3 Å². The van der Waals surface area contributed by atoms with Crippen LogP contribution >= 0.6 is 11.6 Å². The van der Waals surface area contributed by atoms with Crippen LogP contribution in [-0.2, 0) is 4.74 Å². The van der Waals surface area contributed by atoms with Gasteiger partial charge in [-0.05, 0) is 24.4 Å². The van der Waals surface area contributed by atoms with E-state index in [2.05, 4.69) is 15.9 Å². The first-order valence-corrected chi connectivity index (χ1v) is 7.51. The van der Waals surface area contributed by atoms with E-state index in [1.54, 1.807) is 0 Å². The molecule has 2 aromatic heterocycles. The molecular weight excluding hydrogens is 359 g/mol. The third kappa shape index (κ3) is 2.57. The maximum absolute atomic E-state index is 14.2. The zero-order chi connectivity index (χ0) is 18.5. The molecule has 0 bridgehead atoms. The number of aliphatic hydroxyl groups is 3. The maximum atomic E-state index is 14.2. The van der Waals surface area contributed by atoms with E-state index >= 15 is 0 Å². The predicted molar refractivity (Wildman–Crippen MR) is 84.9 cm³/mol. The van der Waals surface area contributed by atoms with Crippen molar-refractivity contribution in [2.45, 2.75) is 37.1 Å². The first kappa shape index (κ1) is 17.7. The monoisotopic (exact) mass is 372 g/mol. The first-order valence-electron chi connectivity index (χ1n) is 7.13. The second-order valence-corrected chi connectivity index (χ2v) is 5.91. The van der Waals surface area contributed by atoms with Crippen molar-refractivity contribution in [1.82, 2.24) is 14.5 Å². The lowest BCUT2D eigenvalue weighted by Gasteiger charge is -2.26. The van der Waals surface area contributed by atoms with Crippen LogP contribution in [0, 0.1) is 17.1 Å². The summed E-state index contributed by atoms with van der Waals surface area (Å²) in [7, 11) is 0. The quantitative estimate of drug-likeness (QED) is 0.425. The largest absolute Gasteiger partial charge is 0.391 e. The average Bonchev–Trinajstić information content (AvgIpc) is 2.96. The van der Waals surface area contributed by atoms with Crippen LogP contribution in [0.2, 0.25) is 0 Å². The van der Waals surface area contributed by atoms with Gasteiger partial charge in [0.1, 0.15) is 17.6 Å². The van der Waals surface area contributed by atoms with E-state index in [0.29, 0.717) is 0 Å². The highest BCUT2D eigenvalue weighted by molar-refractivity contribution is 6.30. The molecule has 25 heavy (non-hydrogen) atoms. The molecule has 1 aliphatic heterocycles. The molecule has 134 valence electrons. The highest BCUT2D eigenvalue weighted by Gasteiger charge is 2.57. The number of aromatic amines is 1. The molecule has 0 amide bonds. The molecule has 0 radical (unpaired) electrons. The van der Waals surface area contributed by atoms with Crippen LogP contribution in [0.15, 0.2) is 11.0 Å². The van der Waals surface area contributed by atoms with Gasteiger partial charge in [0.05, 0.1) is 6.10 Å². The highest BCUT2D eigenvalue weighted by atomic mass is 35.5. The molecule has 1 saturated heterocycles. The minimum Gasteiger partial charge on any atom is -0.391 e. The summed E-state index contributed by atoms with van der Waals surface area (Å²) in [4.78, 5) is 17.9. The molecule has 3 heterocycles. The van der Waals surface area contributed by atoms with E-state index in [-0.39, 0.29) is 11.6 Å². The standard InChI is InChI=1S/C14H14ClFN4O5/c1-5(21)8-9(22)14(24,2-3-15)12(25-8)20-4-6(16)7-10(20)18-13(17)19-11(7)23/h4-5,8-9,12,21-22,24H,1H3,(H3,17,18,19,23)/t5-,8+,9?,12+,14+/m0/s1. The van der Waals surface area contributed by atoms with Gasteiger partial charge in [-0.25, -0.2) is 4.39 Å². The van der Waals surface area contributed by atoms with Crippen LogP contribution in [0.5, 0.6) is 0 Å². The van der Waals surface area contributed by atoms with Crippen LogP contribution in [0.4, 0.5) is 10.3 Å². The number of hydrogen-bond acceptors (Lipinski definition) is 7. The van der Waals surface area contributed by atoms with Gasteiger partial charge in [-0.2, -0.15) is 4.98 Å². The van der Waals surface area contributed by atoms with Crippen molar-refractivity contribution in [3.05, 3.63) is 22.4 Å². The minimum atomic E-state index is -2.29. The molecule has 1 unspecified atom stereocenters. The third-order valence-corrected chi connectivity index (χ3v) is 4.15. The van der Waals surface area contributed by atoms with Crippen LogP contribution < -0.4 is 11.3 Å². The Balaban J connectivity index is 2.25. The van der Waals surface area contributed by atoms with Crippen molar-refractivity contribution in [2.24, 2.45) is 0 Å². The molecule has 2 aromatic rings. The Morgan fingerprint density at radius 1 is 1.64 bits per heavy atom. The zero-order valence-electron chi connectivity index (χ0n) is 12.8. The molecule has 0 saturated carbocycles. The zero-order valence-corrected chi connectivity index (χ0v) is 13.5. The van der Waals surface area contributed by atoms with Crippen molar-refractivity contribution < 1.29 is 24.4 Å². The van der Waals surface area contributed by atoms with Crippen molar-refractivity contribution in [1.29, 1.82) is 0 Å². The van der Waals surface area contributed by atoms with E-state index in [4.69, 9.17) is 22.1 Å². The fourth-order valence-electron chi connectivity index (χ4n) is 2.90. The number of ether oxygens (including phenoxy) is 1. The number of H-pyrrole nitrogens is 1. The molecular formula is C14H14ClFN4O5. The number of nitrogen functional groups attached to an aromatic ring is 1. The highest BCUT2D eigenvalue weighted by Crippen LogP contribution is 2.41. The number of nitrogens with two attached hydrogens (primary N) is 1. The smallest absolute Gasteiger partial charge is 0.264 e. The van der Waals surface area contributed by atoms with Gasteiger partial charge in [-0.15, -0.1) is 0 Å². The van der Waals surface area contributed by atoms with Crippen molar-refractivity contribution in [2.75, 3.05) is 5.73 Å². The summed E-state index contributed by atoms with van der Waals surface area (Å²) >= 11 is 5.37. The minimum absolute atomic E-state index is 0.225. The number of hydrogen-bond donors (Lipinski definition) is 5. The Morgan fingerprint density at radius 3 is 2.92 bits per heavy atom. The average molecular weight is 373 g/mol. The number of nitrogens with one attached hydrogen (secondary N) is 1. The topological polar surface area (TPSA) is 147 Å². The molecule has 3 rings (SSSR count). The van der Waals surface area contributed by atoms with Crippen LogP contribution in [0.25, 0.3) is 11.0 Å². The predicted octanol–water partition coefficient (Wildman–Crippen LogP) is -0.984. The fourth-order valence-corrected chi connectivity index (χ4v) is 3.05. The second-order valence-electron chi connectivity index (χ2n) is 5.72. The van der Waals surface area contributed by atoms with Gasteiger partial charge in [-0.1, -0.05) is 0 Å². The van der Waals surface area contributed by atoms with E-state index in [1.807, 2.05) is 5.38 Å². The second kappa shape index (κ2) is 5.98. The molecule has 0 aromatic carbocycles. The fraction of sp³-hybridized carbons (Fsp3) is 0.429. The molecule has 1 aliphatic rings. The van der Waals surface area contributed by atoms with Crippen LogP contribution in [-0.4, -0.2) is 53.8 Å². The lowest BCUT2D eigenvalue weighted by Crippen LogP contribution is -2.47. The first-order chi connectivity index (χ1) is 11.7. The maximum Gasteiger partial charge on any atom is 0.264 e. The number of nitrogens with zero attached hydrogens (tertiary/aromatic N) is 2. The summed E-state index contributed by atoms with van der Waals surface area (Å²) in [5.74, 6) is 0.980. The molecule has 0 spiro atoms. The SMILES string of the molecule is C[C@H](O)[C@H]1O[C@@H](n2cc(F)c3c(=O)[nH]c(N)nc32)[C@@](O)(C#CCl)C1O. The number of halogens is 2. The van der Waals surface area contributed by atoms with Crippen molar-refractivity contribution >= 4 is 28.6 Å². The van der Waals surface area contributed by atoms with Gasteiger partial charge in [0.25, 0.3) is 5.56 Å². The lowest BCUT2D eigenvalue weighted by atomic mass is 9.93. The summed E-state index contributed by atoms with van der Waals surface area (Å²) in [6.45, 7) is 1.33.